The van der Waals surface area contributed by atoms with E-state index in [4.69, 9.17) is 14.2 Å². The molecule has 0 aliphatic carbocycles. The van der Waals surface area contributed by atoms with Crippen molar-refractivity contribution in [3.05, 3.63) is 126 Å². The molecule has 0 radical (unpaired) electrons. The number of carbonyl (C=O) groups is 4. The molecule has 3 saturated heterocycles. The predicted molar refractivity (Wildman–Crippen MR) is 208 cm³/mol. The number of esters is 1. The average molecular weight is 750 g/mol. The van der Waals surface area contributed by atoms with Crippen molar-refractivity contribution >= 4 is 29.4 Å². The fraction of sp³-hybridized carbons (Fsp3) is 0.409. The quantitative estimate of drug-likeness (QED) is 0.140. The minimum absolute atomic E-state index is 0.0423. The minimum Gasteiger partial charge on any atom is -0.455 e. The number of nitrogens with one attached hydrogen (secondary N) is 1. The van der Waals surface area contributed by atoms with Gasteiger partial charge in [0, 0.05) is 25.8 Å². The number of likely N-dealkylation sites (tertiary alicyclic amines) is 1. The van der Waals surface area contributed by atoms with Crippen molar-refractivity contribution < 1.29 is 38.5 Å². The van der Waals surface area contributed by atoms with Gasteiger partial charge < -0.3 is 34.4 Å². The Balaban J connectivity index is 1.42. The number of rotatable bonds is 17. The second-order valence-corrected chi connectivity index (χ2v) is 14.7. The van der Waals surface area contributed by atoms with Crippen LogP contribution in [-0.4, -0.2) is 84.4 Å². The van der Waals surface area contributed by atoms with E-state index in [1.54, 1.807) is 29.2 Å². The number of ether oxygens (including phenoxy) is 3. The fourth-order valence-corrected chi connectivity index (χ4v) is 8.72. The lowest BCUT2D eigenvalue weighted by Gasteiger charge is -2.39. The van der Waals surface area contributed by atoms with Crippen molar-refractivity contribution in [3.63, 3.8) is 0 Å². The lowest BCUT2D eigenvalue weighted by Crippen LogP contribution is -2.57. The SMILES string of the molecule is C=CCCC(=O)N[C@H](COC)[C@H](OC(=O)[C@@H]1[C@H]2C(=O)N([C@H](CO)c3ccccc3)[C@H](C(=O)N(CC=C)c3cc(C)ccc3C)[C@]23CC[C@H]1O3)c1ccccc1. The molecule has 11 heteroatoms. The molecule has 6 rings (SSSR count). The van der Waals surface area contributed by atoms with Gasteiger partial charge in [-0.25, -0.2) is 0 Å². The summed E-state index contributed by atoms with van der Waals surface area (Å²) < 4.78 is 18.7. The molecule has 55 heavy (non-hydrogen) atoms. The van der Waals surface area contributed by atoms with E-state index in [1.807, 2.05) is 80.6 Å². The number of fused-ring (bicyclic) bond motifs is 1. The number of aliphatic hydroxyl groups excluding tert-OH is 1. The smallest absolute Gasteiger partial charge is 0.313 e. The third kappa shape index (κ3) is 7.61. The molecule has 1 spiro atoms. The highest BCUT2D eigenvalue weighted by atomic mass is 16.6. The molecule has 3 heterocycles. The van der Waals surface area contributed by atoms with Crippen LogP contribution in [0.5, 0.6) is 0 Å². The van der Waals surface area contributed by atoms with Crippen LogP contribution in [-0.2, 0) is 33.4 Å². The van der Waals surface area contributed by atoms with Gasteiger partial charge in [-0.3, -0.25) is 19.2 Å². The molecule has 3 aromatic rings. The third-order valence-electron chi connectivity index (χ3n) is 11.2. The van der Waals surface area contributed by atoms with E-state index < -0.39 is 72.2 Å². The summed E-state index contributed by atoms with van der Waals surface area (Å²) in [5.41, 5.74) is 2.38. The molecule has 3 aliphatic rings. The Morgan fingerprint density at radius 3 is 2.36 bits per heavy atom. The lowest BCUT2D eigenvalue weighted by atomic mass is 9.70. The molecule has 0 aromatic heterocycles. The Hall–Kier alpha value is -5.10. The van der Waals surface area contributed by atoms with Crippen LogP contribution >= 0.6 is 0 Å². The highest BCUT2D eigenvalue weighted by molar-refractivity contribution is 6.05. The van der Waals surface area contributed by atoms with Gasteiger partial charge in [0.25, 0.3) is 5.91 Å². The molecule has 290 valence electrons. The predicted octanol–water partition coefficient (Wildman–Crippen LogP) is 5.31. The zero-order valence-corrected chi connectivity index (χ0v) is 31.8. The first-order chi connectivity index (χ1) is 26.6. The molecule has 3 aromatic carbocycles. The molecule has 0 saturated carbocycles. The van der Waals surface area contributed by atoms with Crippen molar-refractivity contribution in [2.24, 2.45) is 11.8 Å². The van der Waals surface area contributed by atoms with Crippen LogP contribution in [0.4, 0.5) is 5.69 Å². The number of hydrogen-bond donors (Lipinski definition) is 2. The van der Waals surface area contributed by atoms with Gasteiger partial charge in [-0.05, 0) is 61.4 Å². The van der Waals surface area contributed by atoms with E-state index in [-0.39, 0.29) is 25.5 Å². The van der Waals surface area contributed by atoms with Gasteiger partial charge >= 0.3 is 5.97 Å². The molecule has 11 nitrogen and oxygen atoms in total. The summed E-state index contributed by atoms with van der Waals surface area (Å²) in [5.74, 6) is -3.92. The van der Waals surface area contributed by atoms with E-state index in [0.29, 0.717) is 36.1 Å². The summed E-state index contributed by atoms with van der Waals surface area (Å²) in [5, 5.41) is 13.9. The number of amides is 3. The number of hydrogen-bond acceptors (Lipinski definition) is 8. The van der Waals surface area contributed by atoms with Crippen molar-refractivity contribution in [2.45, 2.75) is 75.5 Å². The summed E-state index contributed by atoms with van der Waals surface area (Å²) in [6, 6.07) is 21.2. The second kappa shape index (κ2) is 17.1. The monoisotopic (exact) mass is 749 g/mol. The molecule has 3 aliphatic heterocycles. The number of aliphatic hydroxyl groups is 1. The second-order valence-electron chi connectivity index (χ2n) is 14.7. The van der Waals surface area contributed by atoms with E-state index in [0.717, 1.165) is 11.1 Å². The Kier molecular flexibility index (Phi) is 12.3. The van der Waals surface area contributed by atoms with Crippen molar-refractivity contribution in [1.82, 2.24) is 10.2 Å². The molecule has 2 N–H and O–H groups in total. The molecule has 8 atom stereocenters. The normalized spacial score (nSPS) is 24.1. The van der Waals surface area contributed by atoms with Crippen LogP contribution in [0.3, 0.4) is 0 Å². The standard InChI is InChI=1S/C44H51N3O8/c1-6-8-19-36(49)45-32(27-53-5)39(31-17-13-10-14-18-31)54-43(52)37-35-22-23-44(55-35)38(37)41(50)47(34(26-48)30-15-11-9-12-16-30)40(44)42(51)46(24-7-2)33-25-28(3)20-21-29(33)4/h6-7,9-18,20-21,25,32,34-35,37-40,48H,1-2,8,19,22-24,26-27H2,3-5H3,(H,45,49)/t32-,34-,35-,37+,38+,39-,40-,44+/m1/s1. The van der Waals surface area contributed by atoms with Gasteiger partial charge in [-0.15, -0.1) is 13.2 Å². The first-order valence-electron chi connectivity index (χ1n) is 18.9. The highest BCUT2D eigenvalue weighted by Gasteiger charge is 2.76. The van der Waals surface area contributed by atoms with Crippen LogP contribution in [0.15, 0.2) is 104 Å². The summed E-state index contributed by atoms with van der Waals surface area (Å²) >= 11 is 0. The van der Waals surface area contributed by atoms with Gasteiger partial charge in [0.2, 0.25) is 11.8 Å². The van der Waals surface area contributed by atoms with Crippen LogP contribution in [0, 0.1) is 25.7 Å². The molecule has 3 amide bonds. The van der Waals surface area contributed by atoms with Crippen LogP contribution < -0.4 is 10.2 Å². The van der Waals surface area contributed by atoms with Crippen molar-refractivity contribution in [1.29, 1.82) is 0 Å². The Morgan fingerprint density at radius 2 is 1.73 bits per heavy atom. The number of allylic oxidation sites excluding steroid dienone is 1. The van der Waals surface area contributed by atoms with Crippen LogP contribution in [0.25, 0.3) is 0 Å². The molecular formula is C44H51N3O8. The number of carbonyl (C=O) groups excluding carboxylic acids is 4. The first-order valence-corrected chi connectivity index (χ1v) is 18.9. The third-order valence-corrected chi connectivity index (χ3v) is 11.2. The van der Waals surface area contributed by atoms with Gasteiger partial charge in [0.1, 0.15) is 17.7 Å². The number of benzene rings is 3. The molecule has 2 bridgehead atoms. The molecule has 0 unspecified atom stereocenters. The average Bonchev–Trinajstić information content (AvgIpc) is 3.84. The summed E-state index contributed by atoms with van der Waals surface area (Å²) in [4.78, 5) is 61.1. The van der Waals surface area contributed by atoms with E-state index in [1.165, 1.54) is 12.0 Å². The van der Waals surface area contributed by atoms with Gasteiger partial charge in [0.05, 0.1) is 43.2 Å². The summed E-state index contributed by atoms with van der Waals surface area (Å²) in [6.45, 7) is 11.2. The van der Waals surface area contributed by atoms with Crippen LogP contribution in [0.2, 0.25) is 0 Å². The molecule has 3 fully saturated rings. The Morgan fingerprint density at radius 1 is 1.04 bits per heavy atom. The number of methoxy groups -OCH3 is 1. The zero-order valence-electron chi connectivity index (χ0n) is 31.8. The maximum atomic E-state index is 15.3. The van der Waals surface area contributed by atoms with Gasteiger partial charge in [-0.1, -0.05) is 84.9 Å². The lowest BCUT2D eigenvalue weighted by molar-refractivity contribution is -0.163. The van der Waals surface area contributed by atoms with Crippen molar-refractivity contribution in [2.75, 3.05) is 31.8 Å². The highest BCUT2D eigenvalue weighted by Crippen LogP contribution is 2.60. The number of anilines is 1. The Labute approximate surface area is 322 Å². The largest absolute Gasteiger partial charge is 0.455 e. The number of nitrogens with zero attached hydrogens (tertiary/aromatic N) is 2. The minimum atomic E-state index is -1.38. The van der Waals surface area contributed by atoms with Gasteiger partial charge in [-0.2, -0.15) is 0 Å². The van der Waals surface area contributed by atoms with E-state index in [2.05, 4.69) is 18.5 Å². The topological polar surface area (TPSA) is 135 Å². The fourth-order valence-electron chi connectivity index (χ4n) is 8.72. The maximum Gasteiger partial charge on any atom is 0.313 e. The van der Waals surface area contributed by atoms with Crippen molar-refractivity contribution in [3.8, 4) is 0 Å². The van der Waals surface area contributed by atoms with E-state index in [9.17, 15) is 14.7 Å². The Bertz CT molecular complexity index is 1890. The van der Waals surface area contributed by atoms with E-state index >= 15 is 9.59 Å². The van der Waals surface area contributed by atoms with Crippen LogP contribution in [0.1, 0.15) is 60.1 Å². The van der Waals surface area contributed by atoms with Gasteiger partial charge in [0.15, 0.2) is 0 Å². The summed E-state index contributed by atoms with van der Waals surface area (Å²) in [6.07, 6.45) is 3.05. The summed E-state index contributed by atoms with van der Waals surface area (Å²) in [7, 11) is 1.50. The maximum absolute atomic E-state index is 15.3. The number of aryl methyl sites for hydroxylation is 2. The first kappa shape index (κ1) is 39.6. The zero-order chi connectivity index (χ0) is 39.3. The molecular weight excluding hydrogens is 698 g/mol.